The fourth-order valence-electron chi connectivity index (χ4n) is 2.69. The van der Waals surface area contributed by atoms with Crippen LogP contribution in [0, 0.1) is 0 Å². The van der Waals surface area contributed by atoms with Crippen LogP contribution in [0.1, 0.15) is 30.9 Å². The highest BCUT2D eigenvalue weighted by Gasteiger charge is 2.30. The van der Waals surface area contributed by atoms with Crippen molar-refractivity contribution in [1.29, 1.82) is 0 Å². The summed E-state index contributed by atoms with van der Waals surface area (Å²) in [5.41, 5.74) is 8.05. The van der Waals surface area contributed by atoms with Crippen LogP contribution < -0.4 is 10.5 Å². The summed E-state index contributed by atoms with van der Waals surface area (Å²) >= 11 is 4.85. The highest BCUT2D eigenvalue weighted by molar-refractivity contribution is 7.93. The molecule has 0 bridgehead atoms. The number of hydrogen-bond acceptors (Lipinski definition) is 3. The third-order valence-corrected chi connectivity index (χ3v) is 6.17. The molecule has 0 amide bonds. The fraction of sp³-hybridized carbons (Fsp3) is 0.500. The van der Waals surface area contributed by atoms with Crippen LogP contribution in [0.3, 0.4) is 0 Å². The van der Waals surface area contributed by atoms with E-state index in [0.717, 1.165) is 19.3 Å². The summed E-state index contributed by atoms with van der Waals surface area (Å²) in [6.07, 6.45) is 2.83. The molecule has 0 spiro atoms. The Hall–Kier alpha value is -0.980. The number of nitrogens with one attached hydrogen (secondary N) is 1. The van der Waals surface area contributed by atoms with Gasteiger partial charge in [0.1, 0.15) is 5.25 Å². The van der Waals surface area contributed by atoms with E-state index in [1.807, 2.05) is 12.1 Å². The Kier molecular flexibility index (Phi) is 4.78. The van der Waals surface area contributed by atoms with E-state index in [9.17, 15) is 8.42 Å². The molecule has 0 aromatic heterocycles. The van der Waals surface area contributed by atoms with Crippen molar-refractivity contribution in [2.75, 3.05) is 0 Å². The van der Waals surface area contributed by atoms with Crippen molar-refractivity contribution in [3.05, 3.63) is 35.4 Å². The normalized spacial score (nSPS) is 20.1. The van der Waals surface area contributed by atoms with Gasteiger partial charge in [0, 0.05) is 6.04 Å². The molecule has 4 nitrogen and oxygen atoms in total. The predicted octanol–water partition coefficient (Wildman–Crippen LogP) is 1.53. The minimum absolute atomic E-state index is 0.0382. The van der Waals surface area contributed by atoms with Crippen molar-refractivity contribution in [2.45, 2.75) is 43.9 Å². The molecule has 2 atom stereocenters. The lowest BCUT2D eigenvalue weighted by atomic mass is 9.89. The molecule has 0 saturated carbocycles. The van der Waals surface area contributed by atoms with E-state index in [1.54, 1.807) is 6.92 Å². The van der Waals surface area contributed by atoms with Crippen molar-refractivity contribution in [1.82, 2.24) is 4.72 Å². The molecule has 2 rings (SSSR count). The molecule has 0 aliphatic heterocycles. The van der Waals surface area contributed by atoms with E-state index < -0.39 is 15.3 Å². The Bertz CT molecular complexity index is 599. The zero-order valence-electron chi connectivity index (χ0n) is 11.5. The molecule has 20 heavy (non-hydrogen) atoms. The maximum Gasteiger partial charge on any atom is 0.221 e. The van der Waals surface area contributed by atoms with Crippen LogP contribution >= 0.6 is 12.2 Å². The second-order valence-electron chi connectivity index (χ2n) is 5.17. The minimum Gasteiger partial charge on any atom is -0.392 e. The molecule has 1 aromatic carbocycles. The molecule has 0 radical (unpaired) electrons. The van der Waals surface area contributed by atoms with E-state index >= 15 is 0 Å². The summed E-state index contributed by atoms with van der Waals surface area (Å²) in [7, 11) is -3.49. The monoisotopic (exact) mass is 312 g/mol. The quantitative estimate of drug-likeness (QED) is 0.809. The highest BCUT2D eigenvalue weighted by Crippen LogP contribution is 2.22. The summed E-state index contributed by atoms with van der Waals surface area (Å²) in [4.78, 5) is 0.0382. The van der Waals surface area contributed by atoms with Gasteiger partial charge in [-0.2, -0.15) is 0 Å². The van der Waals surface area contributed by atoms with Crippen LogP contribution in [0.5, 0.6) is 0 Å². The average molecular weight is 312 g/mol. The summed E-state index contributed by atoms with van der Waals surface area (Å²) < 4.78 is 27.4. The first-order valence-electron chi connectivity index (χ1n) is 6.81. The van der Waals surface area contributed by atoms with E-state index in [-0.39, 0.29) is 11.0 Å². The molecule has 1 aromatic rings. The lowest BCUT2D eigenvalue weighted by Crippen LogP contribution is -2.47. The molecule has 3 N–H and O–H groups in total. The van der Waals surface area contributed by atoms with Crippen LogP contribution in [0.25, 0.3) is 0 Å². The van der Waals surface area contributed by atoms with Crippen molar-refractivity contribution in [2.24, 2.45) is 5.73 Å². The Morgan fingerprint density at radius 1 is 1.45 bits per heavy atom. The van der Waals surface area contributed by atoms with Gasteiger partial charge in [0.25, 0.3) is 0 Å². The van der Waals surface area contributed by atoms with Gasteiger partial charge in [-0.25, -0.2) is 13.1 Å². The van der Waals surface area contributed by atoms with Crippen molar-refractivity contribution < 1.29 is 8.42 Å². The molecule has 0 fully saturated rings. The molecule has 6 heteroatoms. The first-order valence-corrected chi connectivity index (χ1v) is 8.76. The summed E-state index contributed by atoms with van der Waals surface area (Å²) in [5.74, 6) is 0. The lowest BCUT2D eigenvalue weighted by molar-refractivity contribution is 0.504. The van der Waals surface area contributed by atoms with E-state index in [1.165, 1.54) is 11.1 Å². The molecule has 1 aliphatic carbocycles. The maximum absolute atomic E-state index is 12.3. The molecule has 0 saturated heterocycles. The second-order valence-corrected chi connectivity index (χ2v) is 7.54. The van der Waals surface area contributed by atoms with Gasteiger partial charge in [-0.15, -0.1) is 0 Å². The van der Waals surface area contributed by atoms with Gasteiger partial charge in [-0.1, -0.05) is 43.4 Å². The number of benzene rings is 1. The number of sulfonamides is 1. The van der Waals surface area contributed by atoms with Crippen molar-refractivity contribution in [3.8, 4) is 0 Å². The van der Waals surface area contributed by atoms with E-state index in [0.29, 0.717) is 6.42 Å². The number of aryl methyl sites for hydroxylation is 1. The lowest BCUT2D eigenvalue weighted by Gasteiger charge is -2.27. The fourth-order valence-corrected chi connectivity index (χ4v) is 4.81. The maximum atomic E-state index is 12.3. The number of fused-ring (bicyclic) bond motifs is 1. The Labute approximate surface area is 125 Å². The zero-order chi connectivity index (χ0) is 14.8. The van der Waals surface area contributed by atoms with Gasteiger partial charge in [0.2, 0.25) is 10.0 Å². The topological polar surface area (TPSA) is 72.2 Å². The van der Waals surface area contributed by atoms with Crippen LogP contribution in [-0.4, -0.2) is 24.7 Å². The third kappa shape index (κ3) is 3.37. The minimum atomic E-state index is -3.49. The molecular weight excluding hydrogens is 292 g/mol. The van der Waals surface area contributed by atoms with Crippen molar-refractivity contribution >= 4 is 27.2 Å². The average Bonchev–Trinajstić information content (AvgIpc) is 2.38. The van der Waals surface area contributed by atoms with E-state index in [2.05, 4.69) is 16.9 Å². The second kappa shape index (κ2) is 6.20. The van der Waals surface area contributed by atoms with Gasteiger partial charge < -0.3 is 5.73 Å². The SMILES string of the molecule is CCC(C(N)=S)S(=O)(=O)NC1CCc2ccccc2C1. The van der Waals surface area contributed by atoms with Gasteiger partial charge in [0.05, 0.1) is 4.99 Å². The summed E-state index contributed by atoms with van der Waals surface area (Å²) in [5, 5.41) is -0.783. The number of hydrogen-bond donors (Lipinski definition) is 2. The van der Waals surface area contributed by atoms with Gasteiger partial charge in [0.15, 0.2) is 0 Å². The van der Waals surface area contributed by atoms with Gasteiger partial charge in [-0.05, 0) is 36.8 Å². The van der Waals surface area contributed by atoms with E-state index in [4.69, 9.17) is 18.0 Å². The number of rotatable bonds is 5. The largest absolute Gasteiger partial charge is 0.392 e. The zero-order valence-corrected chi connectivity index (χ0v) is 13.1. The standard InChI is InChI=1S/C14H20N2O2S2/c1-2-13(14(15)19)20(17,18)16-12-8-7-10-5-3-4-6-11(10)9-12/h3-6,12-13,16H,2,7-9H2,1H3,(H2,15,19). The third-order valence-electron chi connectivity index (χ3n) is 3.74. The molecule has 0 heterocycles. The predicted molar refractivity (Wildman–Crippen MR) is 85.2 cm³/mol. The van der Waals surface area contributed by atoms with Gasteiger partial charge in [-0.3, -0.25) is 0 Å². The molecule has 2 unspecified atom stereocenters. The number of nitrogens with two attached hydrogens (primary N) is 1. The molecular formula is C14H20N2O2S2. The van der Waals surface area contributed by atoms with Crippen LogP contribution in [0.2, 0.25) is 0 Å². The highest BCUT2D eigenvalue weighted by atomic mass is 32.2. The molecule has 1 aliphatic rings. The van der Waals surface area contributed by atoms with Gasteiger partial charge >= 0.3 is 0 Å². The Balaban J connectivity index is 2.10. The van der Waals surface area contributed by atoms with Crippen LogP contribution in [0.15, 0.2) is 24.3 Å². The summed E-state index contributed by atoms with van der Waals surface area (Å²) in [6, 6.07) is 8.09. The Morgan fingerprint density at radius 2 is 2.10 bits per heavy atom. The molecule has 110 valence electrons. The van der Waals surface area contributed by atoms with Crippen molar-refractivity contribution in [3.63, 3.8) is 0 Å². The summed E-state index contributed by atoms with van der Waals surface area (Å²) in [6.45, 7) is 1.78. The Morgan fingerprint density at radius 3 is 2.70 bits per heavy atom. The first-order chi connectivity index (χ1) is 9.44. The van der Waals surface area contributed by atoms with Crippen LogP contribution in [-0.2, 0) is 22.9 Å². The van der Waals surface area contributed by atoms with Crippen LogP contribution in [0.4, 0.5) is 0 Å². The number of thiocarbonyl (C=S) groups is 1. The first kappa shape index (κ1) is 15.4. The smallest absolute Gasteiger partial charge is 0.221 e.